The number of fused-ring (bicyclic) bond motifs is 1. The normalized spacial score (nSPS) is 12.6. The number of rotatable bonds is 3. The van der Waals surface area contributed by atoms with E-state index in [0.717, 1.165) is 0 Å². The summed E-state index contributed by atoms with van der Waals surface area (Å²) in [5.41, 5.74) is 1.18. The van der Waals surface area contributed by atoms with Gasteiger partial charge in [0, 0.05) is 5.92 Å². The van der Waals surface area contributed by atoms with E-state index in [-0.39, 0.29) is 11.2 Å². The average molecular weight is 233 g/mol. The lowest BCUT2D eigenvalue weighted by atomic mass is 9.97. The highest BCUT2D eigenvalue weighted by Crippen LogP contribution is 2.21. The van der Waals surface area contributed by atoms with E-state index in [4.69, 9.17) is 11.6 Å². The molecule has 0 saturated heterocycles. The van der Waals surface area contributed by atoms with Gasteiger partial charge in [-0.3, -0.25) is 4.79 Å². The van der Waals surface area contributed by atoms with Crippen LogP contribution in [-0.2, 0) is 11.2 Å². The fraction of sp³-hybridized carbons (Fsp3) is 0.214. The molecule has 0 aliphatic rings. The van der Waals surface area contributed by atoms with Crippen molar-refractivity contribution >= 4 is 27.6 Å². The third kappa shape index (κ3) is 2.25. The fourth-order valence-corrected chi connectivity index (χ4v) is 1.96. The Labute approximate surface area is 100 Å². The van der Waals surface area contributed by atoms with Crippen LogP contribution >= 0.6 is 11.6 Å². The average Bonchev–Trinajstić information content (AvgIpc) is 2.29. The van der Waals surface area contributed by atoms with Crippen molar-refractivity contribution < 1.29 is 4.79 Å². The topological polar surface area (TPSA) is 17.1 Å². The molecule has 1 atom stereocenters. The molecule has 1 unspecified atom stereocenters. The van der Waals surface area contributed by atoms with Crippen molar-refractivity contribution in [1.29, 1.82) is 0 Å². The Morgan fingerprint density at radius 2 is 1.88 bits per heavy atom. The second-order valence-electron chi connectivity index (χ2n) is 4.05. The summed E-state index contributed by atoms with van der Waals surface area (Å²) in [6.07, 6.45) is 0.698. The molecule has 82 valence electrons. The van der Waals surface area contributed by atoms with Gasteiger partial charge in [-0.2, -0.15) is 0 Å². The molecule has 1 nitrogen and oxygen atoms in total. The van der Waals surface area contributed by atoms with Crippen molar-refractivity contribution in [2.24, 2.45) is 5.92 Å². The third-order valence-corrected chi connectivity index (χ3v) is 3.17. The summed E-state index contributed by atoms with van der Waals surface area (Å²) >= 11 is 5.49. The molecule has 0 aromatic heterocycles. The van der Waals surface area contributed by atoms with Gasteiger partial charge < -0.3 is 0 Å². The second-order valence-corrected chi connectivity index (χ2v) is 4.42. The zero-order valence-electron chi connectivity index (χ0n) is 9.11. The van der Waals surface area contributed by atoms with Crippen LogP contribution in [0.5, 0.6) is 0 Å². The van der Waals surface area contributed by atoms with Gasteiger partial charge in [0.05, 0.1) is 0 Å². The summed E-state index contributed by atoms with van der Waals surface area (Å²) in [6.45, 7) is 1.86. The minimum absolute atomic E-state index is 0.132. The van der Waals surface area contributed by atoms with Crippen molar-refractivity contribution in [3.63, 3.8) is 0 Å². The van der Waals surface area contributed by atoms with E-state index in [1.807, 2.05) is 25.1 Å². The molecule has 0 aliphatic heterocycles. The maximum absolute atomic E-state index is 11.0. The molecular formula is C14H13ClO. The van der Waals surface area contributed by atoms with Crippen molar-refractivity contribution in [1.82, 2.24) is 0 Å². The van der Waals surface area contributed by atoms with Crippen LogP contribution in [0, 0.1) is 5.92 Å². The van der Waals surface area contributed by atoms with Crippen LogP contribution < -0.4 is 0 Å². The summed E-state index contributed by atoms with van der Waals surface area (Å²) < 4.78 is 0. The van der Waals surface area contributed by atoms with Crippen LogP contribution in [0.2, 0.25) is 0 Å². The largest absolute Gasteiger partial charge is 0.281 e. The number of carbonyl (C=O) groups excluding carboxylic acids is 1. The SMILES string of the molecule is CC(Cc1cccc2ccccc12)C(=O)Cl. The Bertz CT molecular complexity index is 514. The maximum Gasteiger partial charge on any atom is 0.224 e. The van der Waals surface area contributed by atoms with E-state index >= 15 is 0 Å². The Morgan fingerprint density at radius 3 is 2.62 bits per heavy atom. The Balaban J connectivity index is 2.41. The number of benzene rings is 2. The molecule has 0 aliphatic carbocycles. The molecule has 0 N–H and O–H groups in total. The Hall–Kier alpha value is -1.34. The lowest BCUT2D eigenvalue weighted by molar-refractivity contribution is -0.114. The van der Waals surface area contributed by atoms with Crippen LogP contribution in [0.15, 0.2) is 42.5 Å². The van der Waals surface area contributed by atoms with E-state index in [9.17, 15) is 4.79 Å². The molecule has 0 radical (unpaired) electrons. The Morgan fingerprint density at radius 1 is 1.19 bits per heavy atom. The molecule has 0 saturated carbocycles. The van der Waals surface area contributed by atoms with Crippen LogP contribution in [0.3, 0.4) is 0 Å². The van der Waals surface area contributed by atoms with Gasteiger partial charge in [-0.25, -0.2) is 0 Å². The lowest BCUT2D eigenvalue weighted by Gasteiger charge is -2.09. The minimum atomic E-state index is -0.270. The van der Waals surface area contributed by atoms with Gasteiger partial charge >= 0.3 is 0 Å². The molecule has 16 heavy (non-hydrogen) atoms. The van der Waals surface area contributed by atoms with E-state index in [1.165, 1.54) is 16.3 Å². The van der Waals surface area contributed by atoms with Crippen molar-refractivity contribution in [2.75, 3.05) is 0 Å². The molecule has 2 aromatic rings. The van der Waals surface area contributed by atoms with E-state index in [1.54, 1.807) is 0 Å². The van der Waals surface area contributed by atoms with E-state index in [0.29, 0.717) is 6.42 Å². The molecule has 0 bridgehead atoms. The molecule has 0 fully saturated rings. The van der Waals surface area contributed by atoms with Gasteiger partial charge in [0.15, 0.2) is 0 Å². The minimum Gasteiger partial charge on any atom is -0.281 e. The lowest BCUT2D eigenvalue weighted by Crippen LogP contribution is -2.07. The molecule has 2 heteroatoms. The highest BCUT2D eigenvalue weighted by Gasteiger charge is 2.11. The number of hydrogen-bond donors (Lipinski definition) is 0. The van der Waals surface area contributed by atoms with Gasteiger partial charge in [0.2, 0.25) is 5.24 Å². The molecule has 0 spiro atoms. The zero-order valence-corrected chi connectivity index (χ0v) is 9.87. The highest BCUT2D eigenvalue weighted by atomic mass is 35.5. The second kappa shape index (κ2) is 4.67. The molecule has 2 rings (SSSR count). The standard InChI is InChI=1S/C14H13ClO/c1-10(14(15)16)9-12-7-4-6-11-5-2-3-8-13(11)12/h2-8,10H,9H2,1H3. The monoisotopic (exact) mass is 232 g/mol. The molecule has 2 aromatic carbocycles. The summed E-state index contributed by atoms with van der Waals surface area (Å²) in [6, 6.07) is 14.3. The first-order valence-electron chi connectivity index (χ1n) is 5.34. The van der Waals surface area contributed by atoms with Crippen LogP contribution in [0.4, 0.5) is 0 Å². The summed E-state index contributed by atoms with van der Waals surface area (Å²) in [5.74, 6) is -0.132. The molecule has 0 heterocycles. The summed E-state index contributed by atoms with van der Waals surface area (Å²) in [7, 11) is 0. The predicted octanol–water partition coefficient (Wildman–Crippen LogP) is 3.78. The van der Waals surface area contributed by atoms with Gasteiger partial charge in [0.1, 0.15) is 0 Å². The van der Waals surface area contributed by atoms with E-state index < -0.39 is 0 Å². The predicted molar refractivity (Wildman–Crippen MR) is 67.7 cm³/mol. The van der Waals surface area contributed by atoms with Crippen molar-refractivity contribution in [3.8, 4) is 0 Å². The van der Waals surface area contributed by atoms with Crippen molar-refractivity contribution in [3.05, 3.63) is 48.0 Å². The highest BCUT2D eigenvalue weighted by molar-refractivity contribution is 6.63. The first kappa shape index (κ1) is 11.2. The first-order chi connectivity index (χ1) is 7.68. The van der Waals surface area contributed by atoms with E-state index in [2.05, 4.69) is 24.3 Å². The van der Waals surface area contributed by atoms with Gasteiger partial charge in [-0.15, -0.1) is 0 Å². The van der Waals surface area contributed by atoms with Crippen LogP contribution in [0.25, 0.3) is 10.8 Å². The van der Waals surface area contributed by atoms with Crippen LogP contribution in [-0.4, -0.2) is 5.24 Å². The smallest absolute Gasteiger partial charge is 0.224 e. The van der Waals surface area contributed by atoms with Gasteiger partial charge in [-0.05, 0) is 34.4 Å². The summed E-state index contributed by atoms with van der Waals surface area (Å²) in [5, 5.41) is 2.14. The van der Waals surface area contributed by atoms with Gasteiger partial charge in [-0.1, -0.05) is 49.4 Å². The van der Waals surface area contributed by atoms with Crippen LogP contribution in [0.1, 0.15) is 12.5 Å². The van der Waals surface area contributed by atoms with Gasteiger partial charge in [0.25, 0.3) is 0 Å². The summed E-state index contributed by atoms with van der Waals surface area (Å²) in [4.78, 5) is 11.0. The maximum atomic E-state index is 11.0. The quantitative estimate of drug-likeness (QED) is 0.736. The fourth-order valence-electron chi connectivity index (χ4n) is 1.88. The third-order valence-electron chi connectivity index (χ3n) is 2.79. The zero-order chi connectivity index (χ0) is 11.5. The molecule has 0 amide bonds. The Kier molecular flexibility index (Phi) is 3.25. The number of hydrogen-bond acceptors (Lipinski definition) is 1. The molecular weight excluding hydrogens is 220 g/mol. The van der Waals surface area contributed by atoms with Crippen molar-refractivity contribution in [2.45, 2.75) is 13.3 Å². The number of carbonyl (C=O) groups is 1. The number of halogens is 1. The first-order valence-corrected chi connectivity index (χ1v) is 5.72.